The van der Waals surface area contributed by atoms with E-state index in [0.717, 1.165) is 4.80 Å². The van der Waals surface area contributed by atoms with Crippen molar-refractivity contribution < 1.29 is 27.9 Å². The standard InChI is InChI=1S/C10H6F3N5O3/c11-10(12,13)9(21)14-5-1-3-6(4-2-5)18-16-7(8(19)20)15-17-18/h1-4H,(H,14,21)(H,19,20). The van der Waals surface area contributed by atoms with Gasteiger partial charge in [-0.15, -0.1) is 15.0 Å². The van der Waals surface area contributed by atoms with E-state index in [0.29, 0.717) is 0 Å². The van der Waals surface area contributed by atoms with E-state index in [2.05, 4.69) is 15.4 Å². The first kappa shape index (κ1) is 14.4. The Labute approximate surface area is 114 Å². The van der Waals surface area contributed by atoms with Crippen molar-refractivity contribution in [3.8, 4) is 5.69 Å². The van der Waals surface area contributed by atoms with E-state index < -0.39 is 23.9 Å². The van der Waals surface area contributed by atoms with E-state index >= 15 is 0 Å². The summed E-state index contributed by atoms with van der Waals surface area (Å²) in [5.41, 5.74) is 0.180. The van der Waals surface area contributed by atoms with Gasteiger partial charge in [0.15, 0.2) is 0 Å². The van der Waals surface area contributed by atoms with Gasteiger partial charge in [-0.25, -0.2) is 4.79 Å². The minimum atomic E-state index is -4.98. The summed E-state index contributed by atoms with van der Waals surface area (Å²) in [6.07, 6.45) is -4.98. The maximum atomic E-state index is 12.1. The molecule has 1 heterocycles. The second-order valence-corrected chi connectivity index (χ2v) is 3.71. The van der Waals surface area contributed by atoms with E-state index in [1.165, 1.54) is 24.3 Å². The lowest BCUT2D eigenvalue weighted by atomic mass is 10.3. The molecule has 0 unspecified atom stereocenters. The summed E-state index contributed by atoms with van der Waals surface area (Å²) >= 11 is 0. The van der Waals surface area contributed by atoms with Gasteiger partial charge in [0.05, 0.1) is 5.69 Å². The number of amides is 1. The van der Waals surface area contributed by atoms with E-state index in [9.17, 15) is 22.8 Å². The molecule has 1 aromatic carbocycles. The van der Waals surface area contributed by atoms with Crippen LogP contribution < -0.4 is 5.32 Å². The Morgan fingerprint density at radius 3 is 2.29 bits per heavy atom. The number of aromatic carboxylic acids is 1. The molecule has 2 aromatic rings. The maximum absolute atomic E-state index is 12.1. The van der Waals surface area contributed by atoms with Crippen molar-refractivity contribution in [2.75, 3.05) is 5.32 Å². The number of aromatic nitrogens is 4. The highest BCUT2D eigenvalue weighted by molar-refractivity contribution is 5.94. The van der Waals surface area contributed by atoms with Crippen molar-refractivity contribution in [3.05, 3.63) is 30.1 Å². The largest absolute Gasteiger partial charge is 0.475 e. The van der Waals surface area contributed by atoms with Crippen LogP contribution in [0, 0.1) is 0 Å². The van der Waals surface area contributed by atoms with E-state index in [1.54, 1.807) is 5.32 Å². The van der Waals surface area contributed by atoms with E-state index in [1.807, 2.05) is 0 Å². The van der Waals surface area contributed by atoms with Crippen LogP contribution in [0.2, 0.25) is 0 Å². The van der Waals surface area contributed by atoms with Crippen molar-refractivity contribution in [3.63, 3.8) is 0 Å². The summed E-state index contributed by atoms with van der Waals surface area (Å²) in [7, 11) is 0. The molecule has 2 rings (SSSR count). The number of hydrogen-bond donors (Lipinski definition) is 2. The molecular formula is C10H6F3N5O3. The predicted molar refractivity (Wildman–Crippen MR) is 60.8 cm³/mol. The van der Waals surface area contributed by atoms with Crippen LogP contribution in [0.15, 0.2) is 24.3 Å². The molecule has 1 aromatic heterocycles. The predicted octanol–water partition coefficient (Wildman–Crippen LogP) is 0.861. The maximum Gasteiger partial charge on any atom is 0.471 e. The number of carboxylic acid groups (broad SMARTS) is 1. The fourth-order valence-electron chi connectivity index (χ4n) is 1.29. The smallest absolute Gasteiger partial charge is 0.471 e. The average molecular weight is 301 g/mol. The highest BCUT2D eigenvalue weighted by Gasteiger charge is 2.38. The van der Waals surface area contributed by atoms with Gasteiger partial charge >= 0.3 is 18.1 Å². The van der Waals surface area contributed by atoms with E-state index in [4.69, 9.17) is 5.11 Å². The van der Waals surface area contributed by atoms with Crippen molar-refractivity contribution in [2.24, 2.45) is 0 Å². The zero-order chi connectivity index (χ0) is 15.6. The monoisotopic (exact) mass is 301 g/mol. The van der Waals surface area contributed by atoms with Crippen molar-refractivity contribution in [1.29, 1.82) is 0 Å². The number of carboxylic acids is 1. The summed E-state index contributed by atoms with van der Waals surface area (Å²) in [6.45, 7) is 0. The Kier molecular flexibility index (Phi) is 3.56. The molecule has 0 spiro atoms. The van der Waals surface area contributed by atoms with Gasteiger partial charge in [-0.05, 0) is 29.5 Å². The first-order valence-corrected chi connectivity index (χ1v) is 5.29. The van der Waals surface area contributed by atoms with Crippen LogP contribution in [0.3, 0.4) is 0 Å². The third-order valence-corrected chi connectivity index (χ3v) is 2.22. The number of carbonyl (C=O) groups is 2. The summed E-state index contributed by atoms with van der Waals surface area (Å²) in [5.74, 6) is -3.98. The van der Waals surface area contributed by atoms with Crippen molar-refractivity contribution in [1.82, 2.24) is 20.2 Å². The molecular weight excluding hydrogens is 295 g/mol. The molecule has 1 amide bonds. The molecule has 0 saturated heterocycles. The second kappa shape index (κ2) is 5.19. The SMILES string of the molecule is O=C(O)c1nnn(-c2ccc(NC(=O)C(F)(F)F)cc2)n1. The van der Waals surface area contributed by atoms with Crippen LogP contribution in [0.25, 0.3) is 5.69 Å². The van der Waals surface area contributed by atoms with Gasteiger partial charge in [0, 0.05) is 5.69 Å². The fourth-order valence-corrected chi connectivity index (χ4v) is 1.29. The van der Waals surface area contributed by atoms with Gasteiger partial charge < -0.3 is 10.4 Å². The van der Waals surface area contributed by atoms with Gasteiger partial charge in [-0.2, -0.15) is 13.2 Å². The number of benzene rings is 1. The Hall–Kier alpha value is -2.98. The second-order valence-electron chi connectivity index (χ2n) is 3.71. The van der Waals surface area contributed by atoms with Crippen LogP contribution in [0.4, 0.5) is 18.9 Å². The van der Waals surface area contributed by atoms with Crippen LogP contribution in [0.1, 0.15) is 10.6 Å². The average Bonchev–Trinajstić information content (AvgIpc) is 2.88. The number of carbonyl (C=O) groups excluding carboxylic acids is 1. The number of nitrogens with zero attached hydrogens (tertiary/aromatic N) is 4. The molecule has 21 heavy (non-hydrogen) atoms. The lowest BCUT2D eigenvalue weighted by Gasteiger charge is -2.08. The molecule has 0 bridgehead atoms. The number of halogens is 3. The van der Waals surface area contributed by atoms with Crippen molar-refractivity contribution >= 4 is 17.6 Å². The lowest BCUT2D eigenvalue weighted by molar-refractivity contribution is -0.167. The first-order chi connectivity index (χ1) is 9.77. The summed E-state index contributed by atoms with van der Waals surface area (Å²) in [4.78, 5) is 22.2. The molecule has 0 fully saturated rings. The minimum absolute atomic E-state index is 0.0837. The van der Waals surface area contributed by atoms with Gasteiger partial charge in [0.2, 0.25) is 0 Å². The Morgan fingerprint density at radius 2 is 1.81 bits per heavy atom. The number of anilines is 1. The third kappa shape index (κ3) is 3.32. The van der Waals surface area contributed by atoms with Gasteiger partial charge in [0.1, 0.15) is 0 Å². The zero-order valence-electron chi connectivity index (χ0n) is 10.00. The molecule has 0 aliphatic rings. The number of tetrazole rings is 1. The molecule has 0 aliphatic heterocycles. The number of alkyl halides is 3. The molecule has 0 radical (unpaired) electrons. The number of rotatable bonds is 3. The molecule has 110 valence electrons. The van der Waals surface area contributed by atoms with Crippen LogP contribution >= 0.6 is 0 Å². The van der Waals surface area contributed by atoms with E-state index in [-0.39, 0.29) is 11.4 Å². The summed E-state index contributed by atoms with van der Waals surface area (Å²) in [5, 5.41) is 20.6. The zero-order valence-corrected chi connectivity index (χ0v) is 10.00. The topological polar surface area (TPSA) is 110 Å². The van der Waals surface area contributed by atoms with Crippen LogP contribution in [-0.2, 0) is 4.79 Å². The summed E-state index contributed by atoms with van der Waals surface area (Å²) in [6, 6.07) is 4.95. The fraction of sp³-hybridized carbons (Fsp3) is 0.100. The van der Waals surface area contributed by atoms with Crippen LogP contribution in [-0.4, -0.2) is 43.4 Å². The van der Waals surface area contributed by atoms with Gasteiger partial charge in [-0.1, -0.05) is 0 Å². The quantitative estimate of drug-likeness (QED) is 0.870. The molecule has 11 heteroatoms. The number of hydrogen-bond acceptors (Lipinski definition) is 5. The summed E-state index contributed by atoms with van der Waals surface area (Å²) < 4.78 is 36.2. The first-order valence-electron chi connectivity index (χ1n) is 5.29. The molecule has 0 atom stereocenters. The number of nitrogens with one attached hydrogen (secondary N) is 1. The van der Waals surface area contributed by atoms with Crippen molar-refractivity contribution in [2.45, 2.75) is 6.18 Å². The normalized spacial score (nSPS) is 11.2. The van der Waals surface area contributed by atoms with Crippen LogP contribution in [0.5, 0.6) is 0 Å². The Bertz CT molecular complexity index is 680. The van der Waals surface area contributed by atoms with Gasteiger partial charge in [0.25, 0.3) is 5.82 Å². The van der Waals surface area contributed by atoms with Gasteiger partial charge in [-0.3, -0.25) is 4.79 Å². The Balaban J connectivity index is 2.15. The molecule has 0 saturated carbocycles. The minimum Gasteiger partial charge on any atom is -0.475 e. The molecule has 0 aliphatic carbocycles. The Morgan fingerprint density at radius 1 is 1.19 bits per heavy atom. The lowest BCUT2D eigenvalue weighted by Crippen LogP contribution is -2.29. The molecule has 2 N–H and O–H groups in total. The molecule has 8 nitrogen and oxygen atoms in total. The highest BCUT2D eigenvalue weighted by atomic mass is 19.4. The third-order valence-electron chi connectivity index (χ3n) is 2.22. The highest BCUT2D eigenvalue weighted by Crippen LogP contribution is 2.19.